The summed E-state index contributed by atoms with van der Waals surface area (Å²) in [6.07, 6.45) is 3.42. The molecular formula is C43H29N4O3+. The summed E-state index contributed by atoms with van der Waals surface area (Å²) in [5, 5.41) is 55.7. The maximum absolute atomic E-state index is 12.6. The minimum Gasteiger partial charge on any atom is -0.507 e. The predicted octanol–water partition coefficient (Wildman–Crippen LogP) is 6.06. The minimum atomic E-state index is -0.135. The first-order valence-electron chi connectivity index (χ1n) is 17.3. The first kappa shape index (κ1) is 27.6. The molecule has 0 fully saturated rings. The number of aliphatic hydroxyl groups is 1. The van der Waals surface area contributed by atoms with Gasteiger partial charge in [0.05, 0.1) is 29.1 Å². The van der Waals surface area contributed by atoms with E-state index in [2.05, 4.69) is 56.8 Å². The fraction of sp³-hybridized carbons (Fsp3) is 0.186. The van der Waals surface area contributed by atoms with Gasteiger partial charge in [0.25, 0.3) is 5.70 Å². The smallest absolute Gasteiger partial charge is 0.270 e. The van der Waals surface area contributed by atoms with Crippen LogP contribution >= 0.6 is 0 Å². The second kappa shape index (κ2) is 9.43. The van der Waals surface area contributed by atoms with E-state index in [1.165, 1.54) is 16.5 Å². The summed E-state index contributed by atoms with van der Waals surface area (Å²) < 4.78 is 2.48. The van der Waals surface area contributed by atoms with Crippen molar-refractivity contribution in [1.82, 2.24) is 4.58 Å². The summed E-state index contributed by atoms with van der Waals surface area (Å²) in [7, 11) is 0. The topological polar surface area (TPSA) is 95.1 Å². The van der Waals surface area contributed by atoms with Crippen LogP contribution < -0.4 is 20.1 Å². The highest BCUT2D eigenvalue weighted by Crippen LogP contribution is 2.58. The van der Waals surface area contributed by atoms with E-state index >= 15 is 0 Å². The molecule has 6 aromatic rings. The second-order valence-corrected chi connectivity index (χ2v) is 14.1. The molecule has 11 rings (SSSR count). The third-order valence-electron chi connectivity index (χ3n) is 12.0. The molecule has 238 valence electrons. The Kier molecular flexibility index (Phi) is 5.21. The summed E-state index contributed by atoms with van der Waals surface area (Å²) >= 11 is 0. The Hall–Kier alpha value is -6.31. The zero-order chi connectivity index (χ0) is 33.6. The highest BCUT2D eigenvalue weighted by atomic mass is 16.3. The third kappa shape index (κ3) is 3.16. The van der Waals surface area contributed by atoms with Gasteiger partial charge in [0.15, 0.2) is 0 Å². The van der Waals surface area contributed by atoms with E-state index in [-0.39, 0.29) is 23.0 Å². The summed E-state index contributed by atoms with van der Waals surface area (Å²) in [6, 6.07) is 22.2. The molecule has 1 aliphatic carbocycles. The van der Waals surface area contributed by atoms with E-state index in [4.69, 9.17) is 6.57 Å². The molecule has 0 saturated heterocycles. The standard InChI is InChI=1S/C43H28N4O3/c1-45-27(20-44)35-39(34-25-6-2-4-21-12-16-46-17-13-22-5-3-7-26(34)31(22)41(46)30(21)25)43(50)40(35)38-36-28(48)10-8-23-14-18-47-19-15-24-9-11-29(49)37(38)33(24)42(47)32(23)36/h2-11H,12-19H2,(H2-,48,49,50)/p+1/b35-27+. The van der Waals surface area contributed by atoms with Gasteiger partial charge in [-0.15, -0.1) is 0 Å². The Morgan fingerprint density at radius 1 is 0.700 bits per heavy atom. The summed E-state index contributed by atoms with van der Waals surface area (Å²) in [4.78, 5) is 6.08. The summed E-state index contributed by atoms with van der Waals surface area (Å²) in [5.74, 6) is 0.0226. The average molecular weight is 650 g/mol. The normalized spacial score (nSPS) is 18.0. The van der Waals surface area contributed by atoms with Gasteiger partial charge in [-0.25, -0.2) is 14.7 Å². The van der Waals surface area contributed by atoms with Crippen LogP contribution in [0.15, 0.2) is 77.7 Å². The van der Waals surface area contributed by atoms with Crippen molar-refractivity contribution in [3.05, 3.63) is 128 Å². The fourth-order valence-corrected chi connectivity index (χ4v) is 9.98. The largest absolute Gasteiger partial charge is 0.507 e. The van der Waals surface area contributed by atoms with E-state index in [0.717, 1.165) is 106 Å². The van der Waals surface area contributed by atoms with Gasteiger partial charge in [-0.05, 0) is 58.0 Å². The van der Waals surface area contributed by atoms with Crippen LogP contribution in [-0.4, -0.2) is 41.5 Å². The molecule has 4 heterocycles. The van der Waals surface area contributed by atoms with Gasteiger partial charge in [0, 0.05) is 75.0 Å². The number of anilines is 1. The average Bonchev–Trinajstić information content (AvgIpc) is 3.15. The molecule has 0 radical (unpaired) electrons. The van der Waals surface area contributed by atoms with Crippen molar-refractivity contribution in [3.63, 3.8) is 0 Å². The highest BCUT2D eigenvalue weighted by molar-refractivity contribution is 6.29. The van der Waals surface area contributed by atoms with Gasteiger partial charge >= 0.3 is 0 Å². The molecule has 0 atom stereocenters. The number of hydrogen-bond donors (Lipinski definition) is 3. The first-order chi connectivity index (χ1) is 24.5. The van der Waals surface area contributed by atoms with Gasteiger partial charge in [0.2, 0.25) is 5.36 Å². The number of benzene rings is 6. The van der Waals surface area contributed by atoms with E-state index in [1.807, 2.05) is 12.1 Å². The van der Waals surface area contributed by atoms with Crippen molar-refractivity contribution in [1.29, 1.82) is 5.26 Å². The molecule has 4 aliphatic heterocycles. The van der Waals surface area contributed by atoms with Crippen molar-refractivity contribution in [2.45, 2.75) is 25.7 Å². The second-order valence-electron chi connectivity index (χ2n) is 14.1. The van der Waals surface area contributed by atoms with E-state index in [9.17, 15) is 20.6 Å². The van der Waals surface area contributed by atoms with Crippen molar-refractivity contribution in [2.75, 3.05) is 31.1 Å². The zero-order valence-electron chi connectivity index (χ0n) is 27.1. The maximum atomic E-state index is 12.6. The van der Waals surface area contributed by atoms with E-state index < -0.39 is 0 Å². The predicted molar refractivity (Wildman–Crippen MR) is 196 cm³/mol. The number of phenols is 2. The van der Waals surface area contributed by atoms with E-state index in [1.54, 1.807) is 12.1 Å². The Balaban J connectivity index is 1.40. The Morgan fingerprint density at radius 2 is 1.26 bits per heavy atom. The fourth-order valence-electron chi connectivity index (χ4n) is 9.98. The molecule has 0 bridgehead atoms. The van der Waals surface area contributed by atoms with Crippen LogP contribution in [-0.2, 0) is 25.7 Å². The lowest BCUT2D eigenvalue weighted by atomic mass is 9.72. The lowest BCUT2D eigenvalue weighted by Gasteiger charge is -2.39. The van der Waals surface area contributed by atoms with Gasteiger partial charge in [-0.1, -0.05) is 48.5 Å². The Morgan fingerprint density at radius 3 is 1.80 bits per heavy atom. The van der Waals surface area contributed by atoms with Crippen molar-refractivity contribution < 1.29 is 15.3 Å². The maximum Gasteiger partial charge on any atom is 0.270 e. The molecule has 0 unspecified atom stereocenters. The van der Waals surface area contributed by atoms with Crippen molar-refractivity contribution >= 4 is 59.9 Å². The van der Waals surface area contributed by atoms with Crippen LogP contribution in [0.3, 0.4) is 0 Å². The van der Waals surface area contributed by atoms with Crippen LogP contribution in [0.5, 0.6) is 11.5 Å². The number of allylic oxidation sites excluding steroid dienone is 3. The van der Waals surface area contributed by atoms with Gasteiger partial charge in [0.1, 0.15) is 30.3 Å². The highest BCUT2D eigenvalue weighted by Gasteiger charge is 2.41. The Bertz CT molecular complexity index is 2820. The lowest BCUT2D eigenvalue weighted by molar-refractivity contribution is 0.434. The number of nitrogens with zero attached hydrogens (tertiary/aromatic N) is 4. The molecule has 0 saturated carbocycles. The molecule has 5 aliphatic rings. The molecule has 7 heteroatoms. The molecule has 3 N–H and O–H groups in total. The molecular weight excluding hydrogens is 620 g/mol. The van der Waals surface area contributed by atoms with Crippen LogP contribution in [0, 0.1) is 17.9 Å². The summed E-state index contributed by atoms with van der Waals surface area (Å²) in [5.41, 5.74) is 7.15. The number of hydrogen-bond acceptors (Lipinski definition) is 5. The van der Waals surface area contributed by atoms with Crippen LogP contribution in [0.2, 0.25) is 0 Å². The number of aromatic hydroxyl groups is 2. The van der Waals surface area contributed by atoms with Gasteiger partial charge in [-0.2, -0.15) is 0 Å². The molecule has 0 spiro atoms. The van der Waals surface area contributed by atoms with Crippen LogP contribution in [0.4, 0.5) is 5.69 Å². The minimum absolute atomic E-state index is 0.0301. The molecule has 0 amide bonds. The monoisotopic (exact) mass is 649 g/mol. The molecule has 0 aromatic heterocycles. The first-order valence-corrected chi connectivity index (χ1v) is 17.3. The molecule has 6 aromatic carbocycles. The number of rotatable bonds is 1. The molecule has 7 nitrogen and oxygen atoms in total. The number of nitriles is 1. The van der Waals surface area contributed by atoms with Gasteiger partial charge < -0.3 is 20.2 Å². The third-order valence-corrected chi connectivity index (χ3v) is 12.0. The number of phenolic OH excluding ortho intramolecular Hbond substituents is 2. The SMILES string of the molecule is [C-]#[N+]/C(C#N)=C1/C(c2c3c(O)ccc4c3c3c5c(ccc(O)c25)CCN3CC4)=C(O)C1=c1c2cccc3c2c2c4c(cccc14)CC[N+]=2CC3. The molecule has 50 heavy (non-hydrogen) atoms. The van der Waals surface area contributed by atoms with Crippen LogP contribution in [0.1, 0.15) is 27.8 Å². The quantitative estimate of drug-likeness (QED) is 0.0872. The summed E-state index contributed by atoms with van der Waals surface area (Å²) in [6.45, 7) is 11.8. The van der Waals surface area contributed by atoms with Gasteiger partial charge in [-0.3, -0.25) is 0 Å². The van der Waals surface area contributed by atoms with Crippen LogP contribution in [0.25, 0.3) is 59.1 Å². The zero-order valence-corrected chi connectivity index (χ0v) is 27.1. The Labute approximate surface area is 286 Å². The van der Waals surface area contributed by atoms with E-state index in [0.29, 0.717) is 33.1 Å². The lowest BCUT2D eigenvalue weighted by Crippen LogP contribution is -2.42. The van der Waals surface area contributed by atoms with Crippen molar-refractivity contribution in [2.24, 2.45) is 0 Å². The number of aliphatic hydroxyl groups excluding tert-OH is 1. The van der Waals surface area contributed by atoms with Crippen molar-refractivity contribution in [3.8, 4) is 17.6 Å².